The molecule has 0 saturated carbocycles. The summed E-state index contributed by atoms with van der Waals surface area (Å²) < 4.78 is 2.59. The standard InChI is InChI=1S/C45H29N3S/c1-45-26-11-10-23-37(45)48(42-40(45)32-19-7-6-18-31(32)38-34-20-8-9-22-36(34)49-43(38)42)44-46-35-25-24-28-14-3-5-17-30(28)39(35)41(47-44)33-21-12-15-27-13-2-4-16-29(27)33/h2-25H,26H2,1H3. The maximum absolute atomic E-state index is 5.67. The Balaban J connectivity index is 1.31. The monoisotopic (exact) mass is 643 g/mol. The molecule has 230 valence electrons. The van der Waals surface area contributed by atoms with Crippen LogP contribution in [0.1, 0.15) is 18.9 Å². The summed E-state index contributed by atoms with van der Waals surface area (Å²) in [5.41, 5.74) is 6.60. The molecule has 1 aliphatic carbocycles. The molecule has 1 unspecified atom stereocenters. The summed E-state index contributed by atoms with van der Waals surface area (Å²) >= 11 is 1.89. The molecule has 0 saturated heterocycles. The number of allylic oxidation sites excluding steroid dienone is 4. The molecular weight excluding hydrogens is 615 g/mol. The van der Waals surface area contributed by atoms with E-state index in [0.717, 1.165) is 28.6 Å². The number of rotatable bonds is 2. The van der Waals surface area contributed by atoms with Crippen LogP contribution in [0.2, 0.25) is 0 Å². The van der Waals surface area contributed by atoms with Gasteiger partial charge in [0.05, 0.1) is 21.6 Å². The second-order valence-corrected chi connectivity index (χ2v) is 14.6. The maximum Gasteiger partial charge on any atom is 0.235 e. The van der Waals surface area contributed by atoms with Gasteiger partial charge in [0.2, 0.25) is 5.95 Å². The van der Waals surface area contributed by atoms with Crippen LogP contribution >= 0.6 is 11.3 Å². The minimum Gasteiger partial charge on any atom is -0.280 e. The first-order valence-corrected chi connectivity index (χ1v) is 17.7. The minimum absolute atomic E-state index is 0.241. The van der Waals surface area contributed by atoms with Crippen LogP contribution in [-0.4, -0.2) is 9.97 Å². The van der Waals surface area contributed by atoms with Gasteiger partial charge in [0, 0.05) is 37.5 Å². The molecule has 1 atom stereocenters. The number of fused-ring (bicyclic) bond motifs is 14. The molecule has 49 heavy (non-hydrogen) atoms. The lowest BCUT2D eigenvalue weighted by Crippen LogP contribution is -2.28. The van der Waals surface area contributed by atoms with E-state index in [2.05, 4.69) is 157 Å². The molecule has 2 aromatic heterocycles. The van der Waals surface area contributed by atoms with Crippen molar-refractivity contribution in [2.45, 2.75) is 18.8 Å². The number of benzene rings is 7. The van der Waals surface area contributed by atoms with Crippen molar-refractivity contribution in [1.82, 2.24) is 9.97 Å². The third-order valence-corrected chi connectivity index (χ3v) is 12.0. The summed E-state index contributed by atoms with van der Waals surface area (Å²) in [6, 6.07) is 46.0. The molecule has 0 spiro atoms. The Hall–Kier alpha value is -5.84. The lowest BCUT2D eigenvalue weighted by Gasteiger charge is -2.31. The Bertz CT molecular complexity index is 2940. The van der Waals surface area contributed by atoms with E-state index in [0.29, 0.717) is 5.95 Å². The first-order valence-electron chi connectivity index (χ1n) is 16.9. The normalized spacial score (nSPS) is 17.1. The van der Waals surface area contributed by atoms with Crippen LogP contribution in [0, 0.1) is 0 Å². The molecule has 0 N–H and O–H groups in total. The highest BCUT2D eigenvalue weighted by molar-refractivity contribution is 7.26. The number of thiophene rings is 1. The molecule has 3 heterocycles. The van der Waals surface area contributed by atoms with E-state index in [-0.39, 0.29) is 5.41 Å². The first-order chi connectivity index (χ1) is 24.2. The predicted octanol–water partition coefficient (Wildman–Crippen LogP) is 12.4. The van der Waals surface area contributed by atoms with Gasteiger partial charge in [-0.25, -0.2) is 9.97 Å². The van der Waals surface area contributed by atoms with Crippen LogP contribution < -0.4 is 4.90 Å². The van der Waals surface area contributed by atoms with Crippen molar-refractivity contribution in [1.29, 1.82) is 0 Å². The summed E-state index contributed by atoms with van der Waals surface area (Å²) in [5, 5.41) is 11.1. The van der Waals surface area contributed by atoms with Crippen molar-refractivity contribution in [2.75, 3.05) is 4.90 Å². The molecular formula is C45H29N3S. The zero-order chi connectivity index (χ0) is 32.3. The summed E-state index contributed by atoms with van der Waals surface area (Å²) in [6.45, 7) is 2.41. The predicted molar refractivity (Wildman–Crippen MR) is 208 cm³/mol. The Morgan fingerprint density at radius 1 is 0.633 bits per heavy atom. The quantitative estimate of drug-likeness (QED) is 0.176. The van der Waals surface area contributed by atoms with Gasteiger partial charge in [0.1, 0.15) is 0 Å². The number of anilines is 2. The summed E-state index contributed by atoms with van der Waals surface area (Å²) in [6.07, 6.45) is 7.73. The first kappa shape index (κ1) is 27.1. The molecule has 0 bridgehead atoms. The van der Waals surface area contributed by atoms with Crippen molar-refractivity contribution in [3.8, 4) is 11.3 Å². The SMILES string of the molecule is CC12CC=CC=C1N(c1nc(-c3cccc4ccccc34)c3c(ccc4ccccc43)n1)c1c2c2ccccc2c2c1sc1ccccc12. The largest absolute Gasteiger partial charge is 0.280 e. The number of hydrogen-bond donors (Lipinski definition) is 0. The van der Waals surface area contributed by atoms with Crippen molar-refractivity contribution < 1.29 is 0 Å². The van der Waals surface area contributed by atoms with Crippen molar-refractivity contribution in [3.63, 3.8) is 0 Å². The van der Waals surface area contributed by atoms with Crippen LogP contribution in [0.4, 0.5) is 11.6 Å². The van der Waals surface area contributed by atoms with Crippen molar-refractivity contribution in [2.24, 2.45) is 0 Å². The molecule has 1 aliphatic heterocycles. The highest BCUT2D eigenvalue weighted by Gasteiger charge is 2.48. The number of hydrogen-bond acceptors (Lipinski definition) is 4. The highest BCUT2D eigenvalue weighted by atomic mass is 32.1. The smallest absolute Gasteiger partial charge is 0.235 e. The van der Waals surface area contributed by atoms with Crippen molar-refractivity contribution in [3.05, 3.63) is 157 Å². The van der Waals surface area contributed by atoms with Crippen LogP contribution in [-0.2, 0) is 5.41 Å². The molecule has 0 radical (unpaired) electrons. The Labute approximate surface area is 287 Å². The number of aromatic nitrogens is 2. The van der Waals surface area contributed by atoms with E-state index in [1.54, 1.807) is 0 Å². The second-order valence-electron chi connectivity index (χ2n) is 13.5. The third kappa shape index (κ3) is 3.61. The molecule has 11 rings (SSSR count). The minimum atomic E-state index is -0.241. The highest BCUT2D eigenvalue weighted by Crippen LogP contribution is 2.61. The summed E-state index contributed by atoms with van der Waals surface area (Å²) in [5.74, 6) is 0.714. The molecule has 9 aromatic rings. The average molecular weight is 644 g/mol. The molecule has 3 nitrogen and oxygen atoms in total. The van der Waals surface area contributed by atoms with Gasteiger partial charge in [-0.1, -0.05) is 127 Å². The van der Waals surface area contributed by atoms with E-state index in [9.17, 15) is 0 Å². The van der Waals surface area contributed by atoms with Crippen LogP contribution in [0.15, 0.2) is 151 Å². The van der Waals surface area contributed by atoms with E-state index >= 15 is 0 Å². The van der Waals surface area contributed by atoms with E-state index in [1.165, 1.54) is 69.4 Å². The van der Waals surface area contributed by atoms with Crippen molar-refractivity contribution >= 4 is 86.4 Å². The fourth-order valence-corrected chi connectivity index (χ4v) is 9.92. The lowest BCUT2D eigenvalue weighted by molar-refractivity contribution is 0.580. The molecule has 0 amide bonds. The fraction of sp³-hybridized carbons (Fsp3) is 0.0667. The van der Waals surface area contributed by atoms with Gasteiger partial charge >= 0.3 is 0 Å². The van der Waals surface area contributed by atoms with Crippen LogP contribution in [0.3, 0.4) is 0 Å². The van der Waals surface area contributed by atoms with Gasteiger partial charge in [0.15, 0.2) is 0 Å². The third-order valence-electron chi connectivity index (χ3n) is 10.8. The Morgan fingerprint density at radius 2 is 1.33 bits per heavy atom. The van der Waals surface area contributed by atoms with Crippen LogP contribution in [0.25, 0.3) is 74.6 Å². The van der Waals surface area contributed by atoms with Gasteiger partial charge < -0.3 is 0 Å². The van der Waals surface area contributed by atoms with Crippen LogP contribution in [0.5, 0.6) is 0 Å². The number of nitrogens with zero attached hydrogens (tertiary/aromatic N) is 3. The molecule has 2 aliphatic rings. The molecule has 4 heteroatoms. The van der Waals surface area contributed by atoms with E-state index in [4.69, 9.17) is 9.97 Å². The maximum atomic E-state index is 5.67. The second kappa shape index (κ2) is 9.85. The summed E-state index contributed by atoms with van der Waals surface area (Å²) in [4.78, 5) is 13.6. The Kier molecular flexibility index (Phi) is 5.46. The zero-order valence-corrected chi connectivity index (χ0v) is 27.6. The zero-order valence-electron chi connectivity index (χ0n) is 26.8. The van der Waals surface area contributed by atoms with E-state index in [1.807, 2.05) is 11.3 Å². The van der Waals surface area contributed by atoms with Gasteiger partial charge in [-0.05, 0) is 69.4 Å². The average Bonchev–Trinajstić information content (AvgIpc) is 3.68. The van der Waals surface area contributed by atoms with Gasteiger partial charge in [-0.15, -0.1) is 11.3 Å². The topological polar surface area (TPSA) is 29.0 Å². The van der Waals surface area contributed by atoms with Gasteiger partial charge in [0.25, 0.3) is 0 Å². The molecule has 7 aromatic carbocycles. The van der Waals surface area contributed by atoms with Gasteiger partial charge in [-0.3, -0.25) is 4.90 Å². The van der Waals surface area contributed by atoms with Gasteiger partial charge in [-0.2, -0.15) is 0 Å². The lowest BCUT2D eigenvalue weighted by atomic mass is 9.74. The molecule has 0 fully saturated rings. The van der Waals surface area contributed by atoms with E-state index < -0.39 is 0 Å². The fourth-order valence-electron chi connectivity index (χ4n) is 8.66. The Morgan fingerprint density at radius 3 is 2.18 bits per heavy atom. The summed E-state index contributed by atoms with van der Waals surface area (Å²) in [7, 11) is 0.